The molecule has 7 nitrogen and oxygen atoms in total. The van der Waals surface area contributed by atoms with E-state index in [1.165, 1.54) is 19.6 Å². The van der Waals surface area contributed by atoms with E-state index in [-0.39, 0.29) is 11.9 Å². The van der Waals surface area contributed by atoms with Crippen molar-refractivity contribution in [3.63, 3.8) is 0 Å². The van der Waals surface area contributed by atoms with E-state index in [0.29, 0.717) is 22.7 Å². The summed E-state index contributed by atoms with van der Waals surface area (Å²) in [5.74, 6) is 0.576. The molecule has 0 fully saturated rings. The van der Waals surface area contributed by atoms with Crippen LogP contribution in [-0.2, 0) is 4.79 Å². The van der Waals surface area contributed by atoms with Crippen LogP contribution in [0, 0.1) is 13.8 Å². The largest absolute Gasteiger partial charge is 0.480 e. The van der Waals surface area contributed by atoms with E-state index in [0.717, 1.165) is 5.56 Å². The Morgan fingerprint density at radius 3 is 2.40 bits per heavy atom. The molecule has 0 aliphatic carbocycles. The molecule has 7 heteroatoms. The summed E-state index contributed by atoms with van der Waals surface area (Å²) in [6.45, 7) is 7.16. The quantitative estimate of drug-likeness (QED) is 0.679. The van der Waals surface area contributed by atoms with Crippen molar-refractivity contribution < 1.29 is 14.3 Å². The zero-order valence-corrected chi connectivity index (χ0v) is 14.9. The molecular formula is C18H20N4O3. The number of carbonyl (C=O) groups is 1. The standard InChI is InChI=1S/C18H20N4O3/c1-10-6-8-14(9-7-10)11(2)22-16-15(18(21-22)25-13(4)23)17(24-5)20-12(3)19-16/h6-9,11H,1-5H3/t11-/m0/s1. The van der Waals surface area contributed by atoms with Gasteiger partial charge in [0.05, 0.1) is 13.2 Å². The first-order valence-electron chi connectivity index (χ1n) is 7.96. The summed E-state index contributed by atoms with van der Waals surface area (Å²) in [5.41, 5.74) is 2.81. The fourth-order valence-electron chi connectivity index (χ4n) is 2.69. The van der Waals surface area contributed by atoms with Crippen LogP contribution in [0.5, 0.6) is 11.8 Å². The number of aryl methyl sites for hydroxylation is 2. The predicted octanol–water partition coefficient (Wildman–Crippen LogP) is 2.99. The monoisotopic (exact) mass is 340 g/mol. The lowest BCUT2D eigenvalue weighted by atomic mass is 10.1. The Morgan fingerprint density at radius 2 is 1.80 bits per heavy atom. The fourth-order valence-corrected chi connectivity index (χ4v) is 2.69. The van der Waals surface area contributed by atoms with E-state index < -0.39 is 5.97 Å². The van der Waals surface area contributed by atoms with Gasteiger partial charge >= 0.3 is 5.97 Å². The van der Waals surface area contributed by atoms with Gasteiger partial charge in [0, 0.05) is 6.92 Å². The maximum absolute atomic E-state index is 11.5. The van der Waals surface area contributed by atoms with Crippen LogP contribution in [0.1, 0.15) is 36.8 Å². The van der Waals surface area contributed by atoms with Crippen molar-refractivity contribution in [3.8, 4) is 11.8 Å². The van der Waals surface area contributed by atoms with Crippen LogP contribution in [0.15, 0.2) is 24.3 Å². The van der Waals surface area contributed by atoms with Gasteiger partial charge in [-0.2, -0.15) is 4.98 Å². The van der Waals surface area contributed by atoms with Crippen LogP contribution in [0.4, 0.5) is 0 Å². The number of hydrogen-bond acceptors (Lipinski definition) is 6. The summed E-state index contributed by atoms with van der Waals surface area (Å²) < 4.78 is 12.3. The van der Waals surface area contributed by atoms with Gasteiger partial charge in [0.25, 0.3) is 5.88 Å². The molecule has 3 aromatic rings. The van der Waals surface area contributed by atoms with Gasteiger partial charge < -0.3 is 9.47 Å². The maximum atomic E-state index is 11.5. The van der Waals surface area contributed by atoms with Crippen LogP contribution >= 0.6 is 0 Å². The molecule has 0 amide bonds. The number of benzene rings is 1. The highest BCUT2D eigenvalue weighted by molar-refractivity contribution is 5.88. The van der Waals surface area contributed by atoms with Gasteiger partial charge in [-0.05, 0) is 26.3 Å². The van der Waals surface area contributed by atoms with Gasteiger partial charge in [-0.25, -0.2) is 9.67 Å². The zero-order chi connectivity index (χ0) is 18.1. The van der Waals surface area contributed by atoms with Gasteiger partial charge in [0.2, 0.25) is 5.88 Å². The SMILES string of the molecule is COc1nc(C)nc2c1c(OC(C)=O)nn2[C@@H](C)c1ccc(C)cc1. The van der Waals surface area contributed by atoms with Crippen molar-refractivity contribution >= 4 is 17.0 Å². The third kappa shape index (κ3) is 3.17. The van der Waals surface area contributed by atoms with Crippen LogP contribution in [-0.4, -0.2) is 32.8 Å². The molecule has 0 aliphatic rings. The number of nitrogens with zero attached hydrogens (tertiary/aromatic N) is 4. The summed E-state index contributed by atoms with van der Waals surface area (Å²) >= 11 is 0. The van der Waals surface area contributed by atoms with Crippen LogP contribution in [0.25, 0.3) is 11.0 Å². The number of methoxy groups -OCH3 is 1. The molecule has 0 N–H and O–H groups in total. The van der Waals surface area contributed by atoms with Crippen LogP contribution in [0.3, 0.4) is 0 Å². The number of rotatable bonds is 4. The normalized spacial score (nSPS) is 12.2. The van der Waals surface area contributed by atoms with Crippen LogP contribution < -0.4 is 9.47 Å². The molecule has 1 atom stereocenters. The summed E-state index contributed by atoms with van der Waals surface area (Å²) in [6.07, 6.45) is 0. The summed E-state index contributed by atoms with van der Waals surface area (Å²) in [5, 5.41) is 4.96. The number of ether oxygens (including phenoxy) is 2. The van der Waals surface area contributed by atoms with Crippen molar-refractivity contribution in [3.05, 3.63) is 41.2 Å². The van der Waals surface area contributed by atoms with Crippen molar-refractivity contribution in [1.82, 2.24) is 19.7 Å². The topological polar surface area (TPSA) is 79.1 Å². The lowest BCUT2D eigenvalue weighted by molar-refractivity contribution is -0.132. The molecule has 0 saturated carbocycles. The Hall–Kier alpha value is -2.96. The second-order valence-corrected chi connectivity index (χ2v) is 5.91. The predicted molar refractivity (Wildman–Crippen MR) is 92.9 cm³/mol. The Balaban J connectivity index is 2.22. The lowest BCUT2D eigenvalue weighted by Gasteiger charge is -2.13. The highest BCUT2D eigenvalue weighted by Gasteiger charge is 2.24. The first-order chi connectivity index (χ1) is 11.9. The van der Waals surface area contributed by atoms with Crippen LogP contribution in [0.2, 0.25) is 0 Å². The Labute approximate surface area is 145 Å². The number of carbonyl (C=O) groups excluding carboxylic acids is 1. The third-order valence-corrected chi connectivity index (χ3v) is 3.96. The molecule has 130 valence electrons. The average molecular weight is 340 g/mol. The van der Waals surface area contributed by atoms with Crippen molar-refractivity contribution in [1.29, 1.82) is 0 Å². The van der Waals surface area contributed by atoms with Gasteiger partial charge in [0.1, 0.15) is 11.2 Å². The number of hydrogen-bond donors (Lipinski definition) is 0. The van der Waals surface area contributed by atoms with Crippen molar-refractivity contribution in [2.45, 2.75) is 33.7 Å². The van der Waals surface area contributed by atoms with Gasteiger partial charge in [-0.3, -0.25) is 4.79 Å². The lowest BCUT2D eigenvalue weighted by Crippen LogP contribution is -2.10. The molecule has 0 spiro atoms. The number of esters is 1. The van der Waals surface area contributed by atoms with Gasteiger partial charge in [0.15, 0.2) is 5.65 Å². The summed E-state index contributed by atoms with van der Waals surface area (Å²) in [7, 11) is 1.51. The smallest absolute Gasteiger partial charge is 0.309 e. The molecule has 0 radical (unpaired) electrons. The first kappa shape index (κ1) is 16.9. The molecule has 0 aliphatic heterocycles. The minimum Gasteiger partial charge on any atom is -0.480 e. The molecule has 1 aromatic carbocycles. The molecular weight excluding hydrogens is 320 g/mol. The second-order valence-electron chi connectivity index (χ2n) is 5.91. The molecule has 2 aromatic heterocycles. The molecule has 0 bridgehead atoms. The Kier molecular flexibility index (Phi) is 4.39. The maximum Gasteiger partial charge on any atom is 0.309 e. The third-order valence-electron chi connectivity index (χ3n) is 3.96. The van der Waals surface area contributed by atoms with E-state index >= 15 is 0 Å². The zero-order valence-electron chi connectivity index (χ0n) is 14.9. The second kappa shape index (κ2) is 6.51. The highest BCUT2D eigenvalue weighted by atomic mass is 16.5. The van der Waals surface area contributed by atoms with E-state index in [4.69, 9.17) is 9.47 Å². The van der Waals surface area contributed by atoms with E-state index in [2.05, 4.69) is 15.1 Å². The minimum atomic E-state index is -0.461. The minimum absolute atomic E-state index is 0.105. The van der Waals surface area contributed by atoms with E-state index in [1.807, 2.05) is 38.1 Å². The molecule has 0 unspecified atom stereocenters. The van der Waals surface area contributed by atoms with Gasteiger partial charge in [-0.15, -0.1) is 5.10 Å². The fraction of sp³-hybridized carbons (Fsp3) is 0.333. The number of aromatic nitrogens is 4. The Morgan fingerprint density at radius 1 is 1.12 bits per heavy atom. The molecule has 2 heterocycles. The number of fused-ring (bicyclic) bond motifs is 1. The average Bonchev–Trinajstić information content (AvgIpc) is 2.91. The first-order valence-corrected chi connectivity index (χ1v) is 7.96. The summed E-state index contributed by atoms with van der Waals surface area (Å²) in [6, 6.07) is 8.08. The van der Waals surface area contributed by atoms with Crippen molar-refractivity contribution in [2.75, 3.05) is 7.11 Å². The van der Waals surface area contributed by atoms with E-state index in [9.17, 15) is 4.79 Å². The summed E-state index contributed by atoms with van der Waals surface area (Å²) in [4.78, 5) is 20.2. The van der Waals surface area contributed by atoms with Gasteiger partial charge in [-0.1, -0.05) is 29.8 Å². The molecule has 0 saturated heterocycles. The van der Waals surface area contributed by atoms with E-state index in [1.54, 1.807) is 11.6 Å². The highest BCUT2D eigenvalue weighted by Crippen LogP contribution is 2.34. The molecule has 3 rings (SSSR count). The Bertz CT molecular complexity index is 932. The molecule has 25 heavy (non-hydrogen) atoms. The van der Waals surface area contributed by atoms with Crippen molar-refractivity contribution in [2.24, 2.45) is 0 Å².